The summed E-state index contributed by atoms with van der Waals surface area (Å²) in [5.41, 5.74) is 1.56. The summed E-state index contributed by atoms with van der Waals surface area (Å²) in [6.45, 7) is 3.50. The molecule has 2 aromatic rings. The quantitative estimate of drug-likeness (QED) is 0.532. The highest BCUT2D eigenvalue weighted by atomic mass is 79.9. The van der Waals surface area contributed by atoms with Gasteiger partial charge in [0.2, 0.25) is 0 Å². The van der Waals surface area contributed by atoms with E-state index in [9.17, 15) is 9.59 Å². The van der Waals surface area contributed by atoms with Crippen LogP contribution in [0.3, 0.4) is 0 Å². The second kappa shape index (κ2) is 11.5. The molecule has 0 aliphatic heterocycles. The number of amides is 2. The summed E-state index contributed by atoms with van der Waals surface area (Å²) < 4.78 is 11.4. The highest BCUT2D eigenvalue weighted by molar-refractivity contribution is 9.10. The van der Waals surface area contributed by atoms with Crippen LogP contribution < -0.4 is 15.4 Å². The van der Waals surface area contributed by atoms with Gasteiger partial charge in [-0.15, -0.1) is 0 Å². The number of benzene rings is 2. The first kappa shape index (κ1) is 21.9. The van der Waals surface area contributed by atoms with Crippen molar-refractivity contribution in [3.63, 3.8) is 0 Å². The van der Waals surface area contributed by atoms with Crippen molar-refractivity contribution >= 4 is 33.4 Å². The number of nitrogens with one attached hydrogen (secondary N) is 2. The van der Waals surface area contributed by atoms with Crippen LogP contribution in [0.1, 0.15) is 40.5 Å². The Kier molecular flexibility index (Phi) is 8.97. The first-order valence-electron chi connectivity index (χ1n) is 9.16. The second-order valence-electron chi connectivity index (χ2n) is 6.12. The minimum atomic E-state index is -0.297. The lowest BCUT2D eigenvalue weighted by atomic mass is 10.1. The van der Waals surface area contributed by atoms with Gasteiger partial charge in [0.15, 0.2) is 0 Å². The lowest BCUT2D eigenvalue weighted by Gasteiger charge is -2.12. The van der Waals surface area contributed by atoms with Crippen LogP contribution in [-0.4, -0.2) is 38.7 Å². The summed E-state index contributed by atoms with van der Waals surface area (Å²) in [7, 11) is 1.59. The Balaban J connectivity index is 2.04. The molecular formula is C21H25BrN2O4. The molecule has 150 valence electrons. The van der Waals surface area contributed by atoms with Crippen LogP contribution >= 0.6 is 15.9 Å². The molecule has 2 amide bonds. The van der Waals surface area contributed by atoms with Gasteiger partial charge in [-0.2, -0.15) is 0 Å². The van der Waals surface area contributed by atoms with E-state index in [0.29, 0.717) is 42.3 Å². The molecule has 0 aromatic heterocycles. The van der Waals surface area contributed by atoms with Crippen molar-refractivity contribution in [2.75, 3.05) is 32.2 Å². The van der Waals surface area contributed by atoms with Gasteiger partial charge in [-0.1, -0.05) is 29.3 Å². The topological polar surface area (TPSA) is 76.7 Å². The molecule has 0 heterocycles. The van der Waals surface area contributed by atoms with Gasteiger partial charge in [0.25, 0.3) is 11.8 Å². The summed E-state index contributed by atoms with van der Waals surface area (Å²) in [6, 6.07) is 12.0. The molecule has 0 aliphatic carbocycles. The van der Waals surface area contributed by atoms with Gasteiger partial charge in [0.05, 0.1) is 12.2 Å². The third-order valence-electron chi connectivity index (χ3n) is 3.95. The zero-order valence-corrected chi connectivity index (χ0v) is 17.7. The molecule has 0 saturated heterocycles. The van der Waals surface area contributed by atoms with E-state index in [1.807, 2.05) is 6.07 Å². The SMILES string of the molecule is CCCCNC(=O)c1ccc(NC(=O)c2cc(Br)ccc2OCCOC)cc1. The van der Waals surface area contributed by atoms with Gasteiger partial charge >= 0.3 is 0 Å². The molecular weight excluding hydrogens is 424 g/mol. The van der Waals surface area contributed by atoms with Crippen LogP contribution in [0.2, 0.25) is 0 Å². The molecule has 0 spiro atoms. The smallest absolute Gasteiger partial charge is 0.259 e. The Hall–Kier alpha value is -2.38. The van der Waals surface area contributed by atoms with E-state index in [-0.39, 0.29) is 11.8 Å². The number of carbonyl (C=O) groups is 2. The summed E-state index contributed by atoms with van der Waals surface area (Å²) in [4.78, 5) is 24.7. The van der Waals surface area contributed by atoms with Crippen LogP contribution in [0.15, 0.2) is 46.9 Å². The first-order chi connectivity index (χ1) is 13.5. The molecule has 6 nitrogen and oxygen atoms in total. The third-order valence-corrected chi connectivity index (χ3v) is 4.45. The van der Waals surface area contributed by atoms with Crippen molar-refractivity contribution in [3.05, 3.63) is 58.1 Å². The molecule has 28 heavy (non-hydrogen) atoms. The molecule has 0 radical (unpaired) electrons. The average Bonchev–Trinajstić information content (AvgIpc) is 2.70. The van der Waals surface area contributed by atoms with E-state index in [0.717, 1.165) is 17.3 Å². The summed E-state index contributed by atoms with van der Waals surface area (Å²) in [5.74, 6) is 0.0608. The maximum Gasteiger partial charge on any atom is 0.259 e. The van der Waals surface area contributed by atoms with Gasteiger partial charge in [0, 0.05) is 29.4 Å². The second-order valence-corrected chi connectivity index (χ2v) is 7.04. The summed E-state index contributed by atoms with van der Waals surface area (Å²) in [6.07, 6.45) is 1.97. The van der Waals surface area contributed by atoms with Gasteiger partial charge < -0.3 is 20.1 Å². The van der Waals surface area contributed by atoms with Crippen LogP contribution in [0, 0.1) is 0 Å². The fraction of sp³-hybridized carbons (Fsp3) is 0.333. The molecule has 0 atom stereocenters. The maximum absolute atomic E-state index is 12.7. The summed E-state index contributed by atoms with van der Waals surface area (Å²) >= 11 is 3.38. The lowest BCUT2D eigenvalue weighted by molar-refractivity contribution is 0.0952. The normalized spacial score (nSPS) is 10.4. The highest BCUT2D eigenvalue weighted by Crippen LogP contribution is 2.24. The summed E-state index contributed by atoms with van der Waals surface area (Å²) in [5, 5.41) is 5.70. The van der Waals surface area contributed by atoms with Gasteiger partial charge in [-0.25, -0.2) is 0 Å². The van der Waals surface area contributed by atoms with Crippen molar-refractivity contribution in [1.29, 1.82) is 0 Å². The zero-order chi connectivity index (χ0) is 20.4. The molecule has 2 aromatic carbocycles. The largest absolute Gasteiger partial charge is 0.490 e. The average molecular weight is 449 g/mol. The number of ether oxygens (including phenoxy) is 2. The number of unbranched alkanes of at least 4 members (excludes halogenated alkanes) is 1. The maximum atomic E-state index is 12.7. The van der Waals surface area contributed by atoms with Crippen molar-refractivity contribution < 1.29 is 19.1 Å². The van der Waals surface area contributed by atoms with Gasteiger partial charge in [-0.05, 0) is 48.9 Å². The minimum absolute atomic E-state index is 0.118. The molecule has 0 unspecified atom stereocenters. The lowest BCUT2D eigenvalue weighted by Crippen LogP contribution is -2.24. The molecule has 0 aliphatic rings. The Morgan fingerprint density at radius 1 is 1.04 bits per heavy atom. The molecule has 0 fully saturated rings. The number of rotatable bonds is 10. The van der Waals surface area contributed by atoms with Crippen molar-refractivity contribution in [2.24, 2.45) is 0 Å². The number of hydrogen-bond acceptors (Lipinski definition) is 4. The Morgan fingerprint density at radius 2 is 1.79 bits per heavy atom. The molecule has 2 N–H and O–H groups in total. The van der Waals surface area contributed by atoms with Gasteiger partial charge in [-0.3, -0.25) is 9.59 Å². The number of carbonyl (C=O) groups excluding carboxylic acids is 2. The predicted molar refractivity (Wildman–Crippen MR) is 113 cm³/mol. The molecule has 7 heteroatoms. The Morgan fingerprint density at radius 3 is 2.46 bits per heavy atom. The Bertz CT molecular complexity index is 793. The number of halogens is 1. The van der Waals surface area contributed by atoms with E-state index < -0.39 is 0 Å². The van der Waals surface area contributed by atoms with Crippen LogP contribution in [0.25, 0.3) is 0 Å². The number of anilines is 1. The van der Waals surface area contributed by atoms with E-state index in [4.69, 9.17) is 9.47 Å². The van der Waals surface area contributed by atoms with Gasteiger partial charge in [0.1, 0.15) is 12.4 Å². The number of methoxy groups -OCH3 is 1. The van der Waals surface area contributed by atoms with Crippen LogP contribution in [0.4, 0.5) is 5.69 Å². The fourth-order valence-corrected chi connectivity index (χ4v) is 2.79. The Labute approximate surface area is 173 Å². The zero-order valence-electron chi connectivity index (χ0n) is 16.1. The molecule has 2 rings (SSSR count). The van der Waals surface area contributed by atoms with E-state index >= 15 is 0 Å². The number of hydrogen-bond donors (Lipinski definition) is 2. The fourth-order valence-electron chi connectivity index (χ4n) is 2.42. The van der Waals surface area contributed by atoms with Crippen molar-refractivity contribution in [1.82, 2.24) is 5.32 Å². The van der Waals surface area contributed by atoms with Crippen LogP contribution in [-0.2, 0) is 4.74 Å². The highest BCUT2D eigenvalue weighted by Gasteiger charge is 2.14. The van der Waals surface area contributed by atoms with Crippen LogP contribution in [0.5, 0.6) is 5.75 Å². The molecule has 0 bridgehead atoms. The third kappa shape index (κ3) is 6.65. The molecule has 0 saturated carbocycles. The van der Waals surface area contributed by atoms with E-state index in [1.165, 1.54) is 0 Å². The van der Waals surface area contributed by atoms with E-state index in [2.05, 4.69) is 33.5 Å². The predicted octanol–water partition coefficient (Wildman–Crippen LogP) is 4.26. The standard InChI is InChI=1S/C21H25BrN2O4/c1-3-4-11-23-20(25)15-5-8-17(9-6-15)24-21(26)18-14-16(22)7-10-19(18)28-13-12-27-2/h5-10,14H,3-4,11-13H2,1-2H3,(H,23,25)(H,24,26). The monoisotopic (exact) mass is 448 g/mol. The van der Waals surface area contributed by atoms with E-state index in [1.54, 1.807) is 43.5 Å². The van der Waals surface area contributed by atoms with Crippen molar-refractivity contribution in [2.45, 2.75) is 19.8 Å². The van der Waals surface area contributed by atoms with Crippen molar-refractivity contribution in [3.8, 4) is 5.75 Å². The first-order valence-corrected chi connectivity index (χ1v) is 9.95. The minimum Gasteiger partial charge on any atom is -0.490 e.